The molecular formula is C17H19NO3S. The summed E-state index contributed by atoms with van der Waals surface area (Å²) in [6, 6.07) is 13.7. The van der Waals surface area contributed by atoms with Crippen LogP contribution in [0.4, 0.5) is 0 Å². The smallest absolute Gasteiger partial charge is 0.243 e. The number of sulfonamides is 1. The van der Waals surface area contributed by atoms with E-state index in [4.69, 9.17) is 0 Å². The molecule has 0 spiro atoms. The second-order valence-electron chi connectivity index (χ2n) is 5.48. The van der Waals surface area contributed by atoms with E-state index in [2.05, 4.69) is 0 Å². The molecule has 0 saturated carbocycles. The third kappa shape index (κ3) is 2.74. The first-order chi connectivity index (χ1) is 10.6. The molecule has 2 aromatic carbocycles. The number of rotatable bonds is 3. The molecule has 1 saturated heterocycles. The maximum atomic E-state index is 12.9. The summed E-state index contributed by atoms with van der Waals surface area (Å²) in [6.45, 7) is 1.13. The Hall–Kier alpha value is -1.85. The highest BCUT2D eigenvalue weighted by Crippen LogP contribution is 2.35. The first kappa shape index (κ1) is 15.1. The molecule has 2 aromatic rings. The fourth-order valence-electron chi connectivity index (χ4n) is 2.86. The van der Waals surface area contributed by atoms with Gasteiger partial charge in [0.05, 0.1) is 4.90 Å². The standard InChI is InChI=1S/C17H19NO3S/c19-16-10-4-2-8-14(16)15-9-3-5-11-17(15)22(20,21)18-12-6-1-7-13-18/h2-5,8-11,19H,1,6-7,12-13H2. The van der Waals surface area contributed by atoms with Gasteiger partial charge in [-0.15, -0.1) is 0 Å². The summed E-state index contributed by atoms with van der Waals surface area (Å²) in [5.41, 5.74) is 1.09. The van der Waals surface area contributed by atoms with Crippen LogP contribution in [0.25, 0.3) is 11.1 Å². The zero-order valence-corrected chi connectivity index (χ0v) is 13.1. The molecule has 1 fully saturated rings. The van der Waals surface area contributed by atoms with Gasteiger partial charge in [0.15, 0.2) is 0 Å². The van der Waals surface area contributed by atoms with Gasteiger partial charge in [-0.1, -0.05) is 42.8 Å². The summed E-state index contributed by atoms with van der Waals surface area (Å²) >= 11 is 0. The van der Waals surface area contributed by atoms with Crippen LogP contribution in [-0.2, 0) is 10.0 Å². The van der Waals surface area contributed by atoms with Crippen LogP contribution in [0.15, 0.2) is 53.4 Å². The lowest BCUT2D eigenvalue weighted by atomic mass is 10.0. The van der Waals surface area contributed by atoms with E-state index in [-0.39, 0.29) is 10.6 Å². The molecule has 1 aliphatic heterocycles. The lowest BCUT2D eigenvalue weighted by Gasteiger charge is -2.27. The average Bonchev–Trinajstić information content (AvgIpc) is 2.56. The van der Waals surface area contributed by atoms with Gasteiger partial charge in [0, 0.05) is 24.2 Å². The zero-order valence-electron chi connectivity index (χ0n) is 12.3. The molecule has 1 aliphatic rings. The third-order valence-corrected chi connectivity index (χ3v) is 5.97. The number of phenols is 1. The van der Waals surface area contributed by atoms with Gasteiger partial charge in [0.2, 0.25) is 10.0 Å². The van der Waals surface area contributed by atoms with E-state index in [1.165, 1.54) is 0 Å². The predicted molar refractivity (Wildman–Crippen MR) is 86.2 cm³/mol. The second kappa shape index (κ2) is 6.10. The number of piperidine rings is 1. The normalized spacial score (nSPS) is 16.5. The largest absolute Gasteiger partial charge is 0.507 e. The average molecular weight is 317 g/mol. The molecule has 0 aromatic heterocycles. The van der Waals surface area contributed by atoms with E-state index in [0.717, 1.165) is 19.3 Å². The number of hydrogen-bond acceptors (Lipinski definition) is 3. The molecule has 4 nitrogen and oxygen atoms in total. The SMILES string of the molecule is O=S(=O)(c1ccccc1-c1ccccc1O)N1CCCCC1. The van der Waals surface area contributed by atoms with Crippen molar-refractivity contribution in [2.75, 3.05) is 13.1 Å². The van der Waals surface area contributed by atoms with Gasteiger partial charge in [-0.2, -0.15) is 4.31 Å². The van der Waals surface area contributed by atoms with Crippen molar-refractivity contribution in [1.29, 1.82) is 0 Å². The third-order valence-electron chi connectivity index (χ3n) is 4.01. The number of phenolic OH excluding ortho intramolecular Hbond substituents is 1. The van der Waals surface area contributed by atoms with Crippen LogP contribution in [0.2, 0.25) is 0 Å². The quantitative estimate of drug-likeness (QED) is 0.945. The van der Waals surface area contributed by atoms with Crippen molar-refractivity contribution in [3.8, 4) is 16.9 Å². The van der Waals surface area contributed by atoms with Crippen LogP contribution < -0.4 is 0 Å². The van der Waals surface area contributed by atoms with Crippen LogP contribution in [-0.4, -0.2) is 30.9 Å². The number of para-hydroxylation sites is 1. The van der Waals surface area contributed by atoms with Gasteiger partial charge in [-0.05, 0) is 25.0 Å². The molecule has 116 valence electrons. The molecule has 1 heterocycles. The van der Waals surface area contributed by atoms with Gasteiger partial charge in [-0.25, -0.2) is 8.42 Å². The molecule has 3 rings (SSSR count). The summed E-state index contributed by atoms with van der Waals surface area (Å²) in [5.74, 6) is 0.0868. The van der Waals surface area contributed by atoms with Gasteiger partial charge >= 0.3 is 0 Å². The second-order valence-corrected chi connectivity index (χ2v) is 7.38. The Morgan fingerprint density at radius 1 is 0.818 bits per heavy atom. The summed E-state index contributed by atoms with van der Waals surface area (Å²) in [6.07, 6.45) is 2.88. The highest BCUT2D eigenvalue weighted by Gasteiger charge is 2.28. The Kier molecular flexibility index (Phi) is 4.18. The van der Waals surface area contributed by atoms with Crippen molar-refractivity contribution in [1.82, 2.24) is 4.31 Å². The molecule has 22 heavy (non-hydrogen) atoms. The Bertz CT molecular complexity index is 765. The maximum absolute atomic E-state index is 12.9. The topological polar surface area (TPSA) is 57.6 Å². The number of aromatic hydroxyl groups is 1. The van der Waals surface area contributed by atoms with Crippen LogP contribution >= 0.6 is 0 Å². The van der Waals surface area contributed by atoms with Gasteiger partial charge in [-0.3, -0.25) is 0 Å². The minimum atomic E-state index is -3.54. The Balaban J connectivity index is 2.10. The van der Waals surface area contributed by atoms with Crippen molar-refractivity contribution in [3.63, 3.8) is 0 Å². The number of hydrogen-bond donors (Lipinski definition) is 1. The zero-order chi connectivity index (χ0) is 15.6. The first-order valence-corrected chi connectivity index (χ1v) is 8.92. The van der Waals surface area contributed by atoms with Crippen molar-refractivity contribution < 1.29 is 13.5 Å². The van der Waals surface area contributed by atoms with Crippen molar-refractivity contribution >= 4 is 10.0 Å². The van der Waals surface area contributed by atoms with Gasteiger partial charge in [0.25, 0.3) is 0 Å². The molecule has 0 bridgehead atoms. The molecule has 0 amide bonds. The van der Waals surface area contributed by atoms with Crippen LogP contribution in [0.5, 0.6) is 5.75 Å². The summed E-state index contributed by atoms with van der Waals surface area (Å²) in [5, 5.41) is 10.1. The van der Waals surface area contributed by atoms with Crippen LogP contribution in [0.3, 0.4) is 0 Å². The lowest BCUT2D eigenvalue weighted by Crippen LogP contribution is -2.35. The van der Waals surface area contributed by atoms with E-state index < -0.39 is 10.0 Å². The minimum Gasteiger partial charge on any atom is -0.507 e. The Morgan fingerprint density at radius 2 is 1.41 bits per heavy atom. The van der Waals surface area contributed by atoms with Gasteiger partial charge < -0.3 is 5.11 Å². The summed E-state index contributed by atoms with van der Waals surface area (Å²) in [4.78, 5) is 0.262. The first-order valence-electron chi connectivity index (χ1n) is 7.48. The fourth-order valence-corrected chi connectivity index (χ4v) is 4.58. The van der Waals surface area contributed by atoms with Gasteiger partial charge in [0.1, 0.15) is 5.75 Å². The fraction of sp³-hybridized carbons (Fsp3) is 0.294. The summed E-state index contributed by atoms with van der Waals surface area (Å²) in [7, 11) is -3.54. The minimum absolute atomic E-state index is 0.0868. The number of nitrogens with zero attached hydrogens (tertiary/aromatic N) is 1. The van der Waals surface area contributed by atoms with Crippen molar-refractivity contribution in [2.45, 2.75) is 24.2 Å². The molecule has 5 heteroatoms. The lowest BCUT2D eigenvalue weighted by molar-refractivity contribution is 0.347. The molecule has 0 aliphatic carbocycles. The van der Waals surface area contributed by atoms with E-state index in [0.29, 0.717) is 24.2 Å². The van der Waals surface area contributed by atoms with Crippen molar-refractivity contribution in [3.05, 3.63) is 48.5 Å². The van der Waals surface area contributed by atoms with E-state index >= 15 is 0 Å². The van der Waals surface area contributed by atoms with E-state index in [1.54, 1.807) is 52.8 Å². The van der Waals surface area contributed by atoms with Crippen LogP contribution in [0.1, 0.15) is 19.3 Å². The Morgan fingerprint density at radius 3 is 2.09 bits per heavy atom. The highest BCUT2D eigenvalue weighted by atomic mass is 32.2. The molecule has 0 atom stereocenters. The highest BCUT2D eigenvalue weighted by molar-refractivity contribution is 7.89. The molecular weight excluding hydrogens is 298 g/mol. The van der Waals surface area contributed by atoms with E-state index in [9.17, 15) is 13.5 Å². The summed E-state index contributed by atoms with van der Waals surface area (Å²) < 4.78 is 27.4. The molecule has 0 unspecified atom stereocenters. The monoisotopic (exact) mass is 317 g/mol. The Labute approximate surface area is 131 Å². The molecule has 1 N–H and O–H groups in total. The number of benzene rings is 2. The van der Waals surface area contributed by atoms with Crippen LogP contribution in [0, 0.1) is 0 Å². The van der Waals surface area contributed by atoms with Crippen molar-refractivity contribution in [2.24, 2.45) is 0 Å². The van der Waals surface area contributed by atoms with E-state index in [1.807, 2.05) is 0 Å². The molecule has 0 radical (unpaired) electrons. The predicted octanol–water partition coefficient (Wildman–Crippen LogP) is 3.23. The maximum Gasteiger partial charge on any atom is 0.243 e.